The summed E-state index contributed by atoms with van der Waals surface area (Å²) >= 11 is 3.79. The Kier molecular flexibility index (Phi) is 5.50. The van der Waals surface area contributed by atoms with E-state index in [1.54, 1.807) is 0 Å². The maximum atomic E-state index is 3.79. The molecule has 0 aromatic heterocycles. The Balaban J connectivity index is 2.25. The summed E-state index contributed by atoms with van der Waals surface area (Å²) in [6.45, 7) is 10.0. The average Bonchev–Trinajstić information content (AvgIpc) is 2.80. The highest BCUT2D eigenvalue weighted by atomic mass is 79.9. The number of nitrogens with zero attached hydrogens (tertiary/aromatic N) is 1. The van der Waals surface area contributed by atoms with E-state index in [0.29, 0.717) is 18.1 Å². The van der Waals surface area contributed by atoms with Crippen LogP contribution < -0.4 is 10.2 Å². The third-order valence-corrected chi connectivity index (χ3v) is 5.15. The monoisotopic (exact) mass is 338 g/mol. The minimum Gasteiger partial charge on any atom is -0.365 e. The predicted octanol–water partition coefficient (Wildman–Crippen LogP) is 4.89. The highest BCUT2D eigenvalue weighted by Gasteiger charge is 2.30. The number of halogens is 1. The van der Waals surface area contributed by atoms with Crippen LogP contribution in [0.25, 0.3) is 0 Å². The second-order valence-corrected chi connectivity index (χ2v) is 6.74. The summed E-state index contributed by atoms with van der Waals surface area (Å²) in [4.78, 5) is 2.60. The van der Waals surface area contributed by atoms with E-state index in [4.69, 9.17) is 0 Å². The minimum absolute atomic E-state index is 0.406. The van der Waals surface area contributed by atoms with Crippen molar-refractivity contribution in [2.24, 2.45) is 0 Å². The van der Waals surface area contributed by atoms with E-state index < -0.39 is 0 Å². The van der Waals surface area contributed by atoms with Crippen LogP contribution in [0.1, 0.15) is 58.6 Å². The molecule has 3 heteroatoms. The lowest BCUT2D eigenvalue weighted by atomic mass is 10.1. The summed E-state index contributed by atoms with van der Waals surface area (Å²) in [5.41, 5.74) is 2.71. The summed E-state index contributed by atoms with van der Waals surface area (Å²) < 4.78 is 1.23. The summed E-state index contributed by atoms with van der Waals surface area (Å²) in [6, 6.07) is 8.58. The molecule has 1 N–H and O–H groups in total. The third kappa shape index (κ3) is 3.20. The summed E-state index contributed by atoms with van der Waals surface area (Å²) in [6.07, 6.45) is 3.85. The number of anilines is 1. The molecule has 2 rings (SSSR count). The molecule has 1 aliphatic rings. The topological polar surface area (TPSA) is 15.3 Å². The average molecular weight is 339 g/mol. The Morgan fingerprint density at radius 2 is 2.10 bits per heavy atom. The van der Waals surface area contributed by atoms with Crippen LogP contribution in [0.15, 0.2) is 22.7 Å². The fraction of sp³-hybridized carbons (Fsp3) is 0.647. The lowest BCUT2D eigenvalue weighted by Gasteiger charge is -2.31. The molecule has 1 fully saturated rings. The Morgan fingerprint density at radius 3 is 2.70 bits per heavy atom. The molecule has 3 atom stereocenters. The van der Waals surface area contributed by atoms with Gasteiger partial charge in [0.05, 0.1) is 5.69 Å². The van der Waals surface area contributed by atoms with Gasteiger partial charge in [0.15, 0.2) is 0 Å². The zero-order valence-corrected chi connectivity index (χ0v) is 14.7. The van der Waals surface area contributed by atoms with Gasteiger partial charge in [-0.1, -0.05) is 19.9 Å². The molecule has 0 saturated carbocycles. The van der Waals surface area contributed by atoms with Gasteiger partial charge in [-0.3, -0.25) is 0 Å². The van der Waals surface area contributed by atoms with Crippen molar-refractivity contribution in [3.8, 4) is 0 Å². The molecule has 20 heavy (non-hydrogen) atoms. The molecule has 3 unspecified atom stereocenters. The summed E-state index contributed by atoms with van der Waals surface area (Å²) in [5.74, 6) is 0. The summed E-state index contributed by atoms with van der Waals surface area (Å²) in [5, 5.41) is 3.47. The molecule has 1 aromatic rings. The molecule has 0 aliphatic carbocycles. The molecular weight excluding hydrogens is 312 g/mol. The first-order chi connectivity index (χ1) is 9.58. The van der Waals surface area contributed by atoms with E-state index in [9.17, 15) is 0 Å². The maximum Gasteiger partial charge on any atom is 0.0515 e. The highest BCUT2D eigenvalue weighted by Crippen LogP contribution is 2.37. The van der Waals surface area contributed by atoms with Crippen molar-refractivity contribution in [1.29, 1.82) is 0 Å². The van der Waals surface area contributed by atoms with Crippen LogP contribution in [-0.4, -0.2) is 18.6 Å². The third-order valence-electron chi connectivity index (χ3n) is 4.52. The van der Waals surface area contributed by atoms with E-state index in [1.165, 1.54) is 35.0 Å². The Hall–Kier alpha value is -0.540. The van der Waals surface area contributed by atoms with Crippen molar-refractivity contribution in [3.05, 3.63) is 28.2 Å². The minimum atomic E-state index is 0.406. The number of nitrogens with one attached hydrogen (secondary N) is 1. The number of hydrogen-bond acceptors (Lipinski definition) is 2. The largest absolute Gasteiger partial charge is 0.365 e. The fourth-order valence-electron chi connectivity index (χ4n) is 3.33. The molecule has 0 radical (unpaired) electrons. The second kappa shape index (κ2) is 6.95. The van der Waals surface area contributed by atoms with Gasteiger partial charge < -0.3 is 10.2 Å². The zero-order chi connectivity index (χ0) is 14.7. The van der Waals surface area contributed by atoms with Crippen LogP contribution in [0, 0.1) is 0 Å². The van der Waals surface area contributed by atoms with E-state index in [1.807, 2.05) is 0 Å². The molecule has 1 heterocycles. The van der Waals surface area contributed by atoms with Crippen LogP contribution in [0.3, 0.4) is 0 Å². The van der Waals surface area contributed by atoms with Crippen LogP contribution in [-0.2, 0) is 0 Å². The molecule has 0 spiro atoms. The second-order valence-electron chi connectivity index (χ2n) is 5.89. The summed E-state index contributed by atoms with van der Waals surface area (Å²) in [7, 11) is 0. The van der Waals surface area contributed by atoms with Gasteiger partial charge in [0, 0.05) is 22.6 Å². The first kappa shape index (κ1) is 15.8. The molecule has 1 aliphatic heterocycles. The van der Waals surface area contributed by atoms with Crippen LogP contribution in [0.2, 0.25) is 0 Å². The molecular formula is C17H27BrN2. The van der Waals surface area contributed by atoms with Gasteiger partial charge in [-0.05, 0) is 73.3 Å². The Labute approximate surface area is 132 Å². The van der Waals surface area contributed by atoms with Gasteiger partial charge in [0.25, 0.3) is 0 Å². The van der Waals surface area contributed by atoms with Gasteiger partial charge in [-0.2, -0.15) is 0 Å². The van der Waals surface area contributed by atoms with Crippen LogP contribution in [0.5, 0.6) is 0 Å². The van der Waals surface area contributed by atoms with E-state index >= 15 is 0 Å². The normalized spacial score (nSPS) is 24.1. The van der Waals surface area contributed by atoms with Gasteiger partial charge in [0.2, 0.25) is 0 Å². The fourth-order valence-corrected chi connectivity index (χ4v) is 3.93. The SMILES string of the molecule is CCNC(C)c1ccc(N2C(C)CCC2CC)c(Br)c1. The predicted molar refractivity (Wildman–Crippen MR) is 91.5 cm³/mol. The van der Waals surface area contributed by atoms with Gasteiger partial charge in [0.1, 0.15) is 0 Å². The van der Waals surface area contributed by atoms with Crippen molar-refractivity contribution < 1.29 is 0 Å². The van der Waals surface area contributed by atoms with Crippen molar-refractivity contribution in [1.82, 2.24) is 5.32 Å². The number of benzene rings is 1. The van der Waals surface area contributed by atoms with Crippen LogP contribution in [0.4, 0.5) is 5.69 Å². The first-order valence-electron chi connectivity index (χ1n) is 7.89. The molecule has 0 amide bonds. The molecule has 2 nitrogen and oxygen atoms in total. The number of hydrogen-bond donors (Lipinski definition) is 1. The van der Waals surface area contributed by atoms with Gasteiger partial charge in [-0.25, -0.2) is 0 Å². The lowest BCUT2D eigenvalue weighted by Crippen LogP contribution is -2.34. The quantitative estimate of drug-likeness (QED) is 0.822. The van der Waals surface area contributed by atoms with Crippen LogP contribution >= 0.6 is 15.9 Å². The van der Waals surface area contributed by atoms with E-state index in [-0.39, 0.29) is 0 Å². The van der Waals surface area contributed by atoms with Crippen molar-refractivity contribution >= 4 is 21.6 Å². The van der Waals surface area contributed by atoms with Gasteiger partial charge >= 0.3 is 0 Å². The highest BCUT2D eigenvalue weighted by molar-refractivity contribution is 9.10. The lowest BCUT2D eigenvalue weighted by molar-refractivity contribution is 0.596. The zero-order valence-electron chi connectivity index (χ0n) is 13.1. The standard InChI is InChI=1S/C17H27BrN2/c1-5-15-9-7-12(3)20(15)17-10-8-14(11-16(17)18)13(4)19-6-2/h8,10-13,15,19H,5-7,9H2,1-4H3. The molecule has 1 saturated heterocycles. The van der Waals surface area contributed by atoms with Gasteiger partial charge in [-0.15, -0.1) is 0 Å². The molecule has 1 aromatic carbocycles. The van der Waals surface area contributed by atoms with Crippen molar-refractivity contribution in [3.63, 3.8) is 0 Å². The smallest absolute Gasteiger partial charge is 0.0515 e. The molecule has 0 bridgehead atoms. The Morgan fingerprint density at radius 1 is 1.35 bits per heavy atom. The maximum absolute atomic E-state index is 3.79. The number of rotatable bonds is 5. The van der Waals surface area contributed by atoms with Crippen molar-refractivity contribution in [2.45, 2.75) is 65.1 Å². The first-order valence-corrected chi connectivity index (χ1v) is 8.68. The van der Waals surface area contributed by atoms with E-state index in [0.717, 1.165) is 6.54 Å². The molecule has 112 valence electrons. The van der Waals surface area contributed by atoms with E-state index in [2.05, 4.69) is 72.0 Å². The Bertz CT molecular complexity index is 447. The van der Waals surface area contributed by atoms with Crippen molar-refractivity contribution in [2.75, 3.05) is 11.4 Å².